The molecule has 4 heteroatoms. The number of hydrogen-bond donors (Lipinski definition) is 2. The van der Waals surface area contributed by atoms with Gasteiger partial charge in [0.2, 0.25) is 0 Å². The molecule has 90 valence electrons. The molecule has 3 rings (SSSR count). The van der Waals surface area contributed by atoms with Gasteiger partial charge in [-0.15, -0.1) is 0 Å². The molecule has 2 aromatic rings. The van der Waals surface area contributed by atoms with Crippen LogP contribution in [0.3, 0.4) is 0 Å². The van der Waals surface area contributed by atoms with E-state index in [0.29, 0.717) is 10.7 Å². The Morgan fingerprint density at radius 2 is 2.06 bits per heavy atom. The average molecular weight is 250 g/mol. The predicted octanol–water partition coefficient (Wildman–Crippen LogP) is 3.63. The molecule has 0 unspecified atom stereocenters. The van der Waals surface area contributed by atoms with Gasteiger partial charge in [-0.3, -0.25) is 0 Å². The average Bonchev–Trinajstić information content (AvgIpc) is 2.84. The van der Waals surface area contributed by atoms with E-state index in [9.17, 15) is 0 Å². The molecule has 0 saturated heterocycles. The Hall–Kier alpha value is -1.22. The molecule has 0 amide bonds. The molecule has 1 aromatic carbocycles. The highest BCUT2D eigenvalue weighted by molar-refractivity contribution is 6.31. The Balaban J connectivity index is 2.16. The zero-order valence-corrected chi connectivity index (χ0v) is 10.6. The smallest absolute Gasteiger partial charge is 0.113 e. The van der Waals surface area contributed by atoms with Crippen molar-refractivity contribution in [1.29, 1.82) is 0 Å². The van der Waals surface area contributed by atoms with Crippen LogP contribution in [0.4, 0.5) is 5.69 Å². The highest BCUT2D eigenvalue weighted by Crippen LogP contribution is 2.40. The summed E-state index contributed by atoms with van der Waals surface area (Å²) in [6.45, 7) is 2.27. The monoisotopic (exact) mass is 249 g/mol. The van der Waals surface area contributed by atoms with E-state index in [-0.39, 0.29) is 5.41 Å². The number of nitrogens with one attached hydrogen (secondary N) is 1. The lowest BCUT2D eigenvalue weighted by Gasteiger charge is -2.19. The molecular weight excluding hydrogens is 234 g/mol. The molecule has 0 atom stereocenters. The number of halogens is 1. The van der Waals surface area contributed by atoms with Crippen LogP contribution in [-0.4, -0.2) is 9.97 Å². The van der Waals surface area contributed by atoms with Crippen LogP contribution in [0, 0.1) is 0 Å². The van der Waals surface area contributed by atoms with Crippen LogP contribution in [0.25, 0.3) is 11.0 Å². The fraction of sp³-hybridized carbons (Fsp3) is 0.462. The number of nitrogens with two attached hydrogens (primary N) is 1. The van der Waals surface area contributed by atoms with Crippen molar-refractivity contribution in [2.75, 3.05) is 5.73 Å². The van der Waals surface area contributed by atoms with E-state index in [1.807, 2.05) is 6.07 Å². The third-order valence-corrected chi connectivity index (χ3v) is 4.08. The topological polar surface area (TPSA) is 54.7 Å². The maximum Gasteiger partial charge on any atom is 0.113 e. The van der Waals surface area contributed by atoms with E-state index >= 15 is 0 Å². The maximum absolute atomic E-state index is 6.00. The molecule has 3 N–H and O–H groups in total. The molecule has 1 aliphatic carbocycles. The molecule has 0 spiro atoms. The van der Waals surface area contributed by atoms with E-state index in [0.717, 1.165) is 16.9 Å². The van der Waals surface area contributed by atoms with Crippen molar-refractivity contribution >= 4 is 28.3 Å². The lowest BCUT2D eigenvalue weighted by atomic mass is 9.88. The van der Waals surface area contributed by atoms with Gasteiger partial charge in [-0.1, -0.05) is 31.4 Å². The summed E-state index contributed by atoms with van der Waals surface area (Å²) in [5.41, 5.74) is 8.56. The zero-order chi connectivity index (χ0) is 12.0. The van der Waals surface area contributed by atoms with E-state index in [2.05, 4.69) is 16.9 Å². The quantitative estimate of drug-likeness (QED) is 0.759. The Kier molecular flexibility index (Phi) is 2.33. The molecule has 1 saturated carbocycles. The summed E-state index contributed by atoms with van der Waals surface area (Å²) < 4.78 is 0. The first-order valence-corrected chi connectivity index (χ1v) is 6.41. The van der Waals surface area contributed by atoms with E-state index in [1.165, 1.54) is 25.7 Å². The van der Waals surface area contributed by atoms with E-state index < -0.39 is 0 Å². The SMILES string of the molecule is CC1(c2nc3c(N)cc(Cl)cc3[nH]2)CCCC1. The molecule has 0 bridgehead atoms. The van der Waals surface area contributed by atoms with Gasteiger partial charge in [0.05, 0.1) is 11.2 Å². The minimum absolute atomic E-state index is 0.179. The Morgan fingerprint density at radius 3 is 2.76 bits per heavy atom. The zero-order valence-electron chi connectivity index (χ0n) is 9.89. The van der Waals surface area contributed by atoms with Gasteiger partial charge < -0.3 is 10.7 Å². The number of nitrogens with zero attached hydrogens (tertiary/aromatic N) is 1. The summed E-state index contributed by atoms with van der Waals surface area (Å²) in [6.07, 6.45) is 4.95. The van der Waals surface area contributed by atoms with Gasteiger partial charge in [0.25, 0.3) is 0 Å². The maximum atomic E-state index is 6.00. The number of anilines is 1. The van der Waals surface area contributed by atoms with E-state index in [4.69, 9.17) is 17.3 Å². The standard InChI is InChI=1S/C13H16ClN3/c1-13(4-2-3-5-13)12-16-10-7-8(14)6-9(15)11(10)17-12/h6-7H,2-5,15H2,1H3,(H,16,17). The number of aromatic amines is 1. The van der Waals surface area contributed by atoms with Crippen LogP contribution in [0.2, 0.25) is 5.02 Å². The number of benzene rings is 1. The van der Waals surface area contributed by atoms with Gasteiger partial charge in [0.15, 0.2) is 0 Å². The summed E-state index contributed by atoms with van der Waals surface area (Å²) in [6, 6.07) is 3.65. The number of nitrogen functional groups attached to an aromatic ring is 1. The van der Waals surface area contributed by atoms with Crippen molar-refractivity contribution in [3.05, 3.63) is 23.0 Å². The summed E-state index contributed by atoms with van der Waals surface area (Å²) in [7, 11) is 0. The number of aromatic nitrogens is 2. The number of hydrogen-bond acceptors (Lipinski definition) is 2. The lowest BCUT2D eigenvalue weighted by molar-refractivity contribution is 0.465. The summed E-state index contributed by atoms with van der Waals surface area (Å²) in [5.74, 6) is 1.05. The Morgan fingerprint density at radius 1 is 1.35 bits per heavy atom. The second kappa shape index (κ2) is 3.64. The van der Waals surface area contributed by atoms with Crippen LogP contribution >= 0.6 is 11.6 Å². The first kappa shape index (κ1) is 10.9. The molecule has 1 aliphatic rings. The highest BCUT2D eigenvalue weighted by Gasteiger charge is 2.33. The van der Waals surface area contributed by atoms with Gasteiger partial charge in [0, 0.05) is 10.4 Å². The third-order valence-electron chi connectivity index (χ3n) is 3.86. The van der Waals surface area contributed by atoms with Gasteiger partial charge in [-0.2, -0.15) is 0 Å². The van der Waals surface area contributed by atoms with Crippen LogP contribution < -0.4 is 5.73 Å². The predicted molar refractivity (Wildman–Crippen MR) is 71.3 cm³/mol. The third kappa shape index (κ3) is 1.69. The van der Waals surface area contributed by atoms with Crippen molar-refractivity contribution in [3.63, 3.8) is 0 Å². The van der Waals surface area contributed by atoms with Gasteiger partial charge in [0.1, 0.15) is 11.3 Å². The number of H-pyrrole nitrogens is 1. The minimum Gasteiger partial charge on any atom is -0.397 e. The first-order valence-electron chi connectivity index (χ1n) is 6.04. The second-order valence-electron chi connectivity index (χ2n) is 5.24. The van der Waals surface area contributed by atoms with Crippen LogP contribution in [0.15, 0.2) is 12.1 Å². The molecule has 3 nitrogen and oxygen atoms in total. The number of rotatable bonds is 1. The van der Waals surface area contributed by atoms with Crippen molar-refractivity contribution < 1.29 is 0 Å². The fourth-order valence-corrected chi connectivity index (χ4v) is 3.01. The molecule has 0 radical (unpaired) electrons. The van der Waals surface area contributed by atoms with Crippen LogP contribution in [0.1, 0.15) is 38.4 Å². The first-order chi connectivity index (χ1) is 8.08. The van der Waals surface area contributed by atoms with Gasteiger partial charge in [-0.25, -0.2) is 4.98 Å². The number of fused-ring (bicyclic) bond motifs is 1. The van der Waals surface area contributed by atoms with Crippen molar-refractivity contribution in [2.24, 2.45) is 0 Å². The number of imidazole rings is 1. The van der Waals surface area contributed by atoms with Gasteiger partial charge in [-0.05, 0) is 25.0 Å². The normalized spacial score (nSPS) is 18.9. The molecule has 1 aromatic heterocycles. The van der Waals surface area contributed by atoms with Gasteiger partial charge >= 0.3 is 0 Å². The summed E-state index contributed by atoms with van der Waals surface area (Å²) >= 11 is 6.00. The van der Waals surface area contributed by atoms with Crippen molar-refractivity contribution in [3.8, 4) is 0 Å². The molecule has 0 aliphatic heterocycles. The largest absolute Gasteiger partial charge is 0.397 e. The van der Waals surface area contributed by atoms with Crippen molar-refractivity contribution in [2.45, 2.75) is 38.0 Å². The molecule has 1 heterocycles. The van der Waals surface area contributed by atoms with Crippen LogP contribution in [-0.2, 0) is 5.41 Å². The second-order valence-corrected chi connectivity index (χ2v) is 5.68. The Bertz CT molecular complexity index is 567. The lowest BCUT2D eigenvalue weighted by Crippen LogP contribution is -2.18. The molecular formula is C13H16ClN3. The van der Waals surface area contributed by atoms with Crippen LogP contribution in [0.5, 0.6) is 0 Å². The summed E-state index contributed by atoms with van der Waals surface area (Å²) in [4.78, 5) is 8.05. The molecule has 17 heavy (non-hydrogen) atoms. The Labute approximate surface area is 105 Å². The minimum atomic E-state index is 0.179. The van der Waals surface area contributed by atoms with E-state index in [1.54, 1.807) is 6.07 Å². The fourth-order valence-electron chi connectivity index (χ4n) is 2.79. The molecule has 1 fully saturated rings. The summed E-state index contributed by atoms with van der Waals surface area (Å²) in [5, 5.41) is 0.654. The van der Waals surface area contributed by atoms with Crippen molar-refractivity contribution in [1.82, 2.24) is 9.97 Å². The highest BCUT2D eigenvalue weighted by atomic mass is 35.5.